The van der Waals surface area contributed by atoms with Gasteiger partial charge in [0.1, 0.15) is 21.5 Å². The zero-order valence-corrected chi connectivity index (χ0v) is 17.3. The van der Waals surface area contributed by atoms with Crippen LogP contribution in [0.4, 0.5) is 5.00 Å². The number of rotatable bonds is 4. The van der Waals surface area contributed by atoms with Gasteiger partial charge in [-0.3, -0.25) is 4.79 Å². The van der Waals surface area contributed by atoms with Gasteiger partial charge in [-0.2, -0.15) is 5.26 Å². The van der Waals surface area contributed by atoms with Crippen LogP contribution in [-0.2, 0) is 21.5 Å². The minimum Gasteiger partial charge on any atom is -0.451 e. The molecule has 0 fully saturated rings. The molecule has 0 saturated heterocycles. The van der Waals surface area contributed by atoms with Crippen LogP contribution in [0, 0.1) is 11.3 Å². The molecule has 2 aromatic rings. The van der Waals surface area contributed by atoms with E-state index in [1.54, 1.807) is 17.5 Å². The number of fused-ring (bicyclic) bond motifs is 1. The van der Waals surface area contributed by atoms with Crippen molar-refractivity contribution in [3.63, 3.8) is 0 Å². The number of nitrogens with two attached hydrogens (primary N) is 1. The molecule has 0 radical (unpaired) electrons. The predicted molar refractivity (Wildman–Crippen MR) is 105 cm³/mol. The van der Waals surface area contributed by atoms with Gasteiger partial charge in [0.2, 0.25) is 0 Å². The van der Waals surface area contributed by atoms with Crippen LogP contribution in [-0.4, -0.2) is 24.0 Å². The van der Waals surface area contributed by atoms with Gasteiger partial charge in [-0.1, -0.05) is 6.07 Å². The van der Waals surface area contributed by atoms with E-state index in [2.05, 4.69) is 44.4 Å². The smallest absolute Gasteiger partial charge is 0.348 e. The number of carbonyl (C=O) groups is 2. The number of hydrogen-bond donors (Lipinski definition) is 2. The summed E-state index contributed by atoms with van der Waals surface area (Å²) in [7, 11) is 0. The minimum absolute atomic E-state index is 0.0271. The zero-order valence-electron chi connectivity index (χ0n) is 15.7. The first-order valence-electron chi connectivity index (χ1n) is 8.57. The van der Waals surface area contributed by atoms with Crippen LogP contribution in [0.5, 0.6) is 0 Å². The number of quaternary nitrogens is 1. The molecule has 0 unspecified atom stereocenters. The molecule has 0 aliphatic carbocycles. The first-order valence-corrected chi connectivity index (χ1v) is 10.3. The van der Waals surface area contributed by atoms with E-state index in [9.17, 15) is 14.9 Å². The summed E-state index contributed by atoms with van der Waals surface area (Å²) in [6.45, 7) is 8.17. The third-order valence-corrected chi connectivity index (χ3v) is 6.73. The maximum absolute atomic E-state index is 12.3. The monoisotopic (exact) mass is 404 g/mol. The Balaban J connectivity index is 1.76. The Hall–Kier alpha value is -2.21. The van der Waals surface area contributed by atoms with Crippen molar-refractivity contribution in [2.45, 2.75) is 45.2 Å². The fourth-order valence-corrected chi connectivity index (χ4v) is 5.54. The number of amides is 1. The Morgan fingerprint density at radius 3 is 2.74 bits per heavy atom. The van der Waals surface area contributed by atoms with Gasteiger partial charge in [0, 0.05) is 6.42 Å². The molecular weight excluding hydrogens is 382 g/mol. The van der Waals surface area contributed by atoms with Crippen molar-refractivity contribution in [2.24, 2.45) is 0 Å². The van der Waals surface area contributed by atoms with Gasteiger partial charge in [0.05, 0.1) is 16.0 Å². The van der Waals surface area contributed by atoms with E-state index < -0.39 is 11.9 Å². The van der Waals surface area contributed by atoms with Crippen molar-refractivity contribution in [3.8, 4) is 6.07 Å². The molecule has 1 amide bonds. The van der Waals surface area contributed by atoms with E-state index in [4.69, 9.17) is 4.74 Å². The number of anilines is 1. The number of hydrogen-bond acceptors (Lipinski definition) is 6. The lowest BCUT2D eigenvalue weighted by Gasteiger charge is -2.38. The highest BCUT2D eigenvalue weighted by molar-refractivity contribution is 7.17. The Labute approximate surface area is 166 Å². The summed E-state index contributed by atoms with van der Waals surface area (Å²) in [5.41, 5.74) is 1.32. The molecule has 2 aromatic heterocycles. The van der Waals surface area contributed by atoms with Crippen LogP contribution in [0.2, 0.25) is 0 Å². The summed E-state index contributed by atoms with van der Waals surface area (Å²) in [4.78, 5) is 25.7. The molecule has 0 saturated carbocycles. The molecule has 0 spiro atoms. The molecule has 6 nitrogen and oxygen atoms in total. The molecular formula is C19H22N3O3S2+. The van der Waals surface area contributed by atoms with Gasteiger partial charge in [0.25, 0.3) is 5.91 Å². The molecule has 1 aliphatic heterocycles. The lowest BCUT2D eigenvalue weighted by atomic mass is 9.81. The summed E-state index contributed by atoms with van der Waals surface area (Å²) in [5.74, 6) is -0.973. The fraction of sp³-hybridized carbons (Fsp3) is 0.421. The summed E-state index contributed by atoms with van der Waals surface area (Å²) in [6, 6.07) is 5.64. The van der Waals surface area contributed by atoms with Gasteiger partial charge in [-0.25, -0.2) is 4.79 Å². The van der Waals surface area contributed by atoms with Crippen molar-refractivity contribution in [1.29, 1.82) is 5.26 Å². The molecule has 142 valence electrons. The number of esters is 1. The summed E-state index contributed by atoms with van der Waals surface area (Å²) in [5, 5.41) is 17.0. The second-order valence-corrected chi connectivity index (χ2v) is 9.83. The second kappa shape index (κ2) is 7.08. The minimum atomic E-state index is -0.524. The van der Waals surface area contributed by atoms with Crippen molar-refractivity contribution < 1.29 is 19.6 Å². The number of carbonyl (C=O) groups excluding carboxylic acids is 2. The predicted octanol–water partition coefficient (Wildman–Crippen LogP) is 2.61. The molecule has 0 atom stereocenters. The van der Waals surface area contributed by atoms with Crippen molar-refractivity contribution in [1.82, 2.24) is 0 Å². The first kappa shape index (κ1) is 19.5. The van der Waals surface area contributed by atoms with Gasteiger partial charge < -0.3 is 15.4 Å². The lowest BCUT2D eigenvalue weighted by Crippen LogP contribution is -3.03. The van der Waals surface area contributed by atoms with E-state index in [1.165, 1.54) is 22.7 Å². The molecule has 27 heavy (non-hydrogen) atoms. The van der Waals surface area contributed by atoms with E-state index in [1.807, 2.05) is 0 Å². The van der Waals surface area contributed by atoms with Crippen LogP contribution < -0.4 is 10.6 Å². The maximum Gasteiger partial charge on any atom is 0.348 e. The van der Waals surface area contributed by atoms with E-state index in [0.29, 0.717) is 15.4 Å². The molecule has 8 heteroatoms. The summed E-state index contributed by atoms with van der Waals surface area (Å²) in [6.07, 6.45) is 0.758. The topological polar surface area (TPSA) is 95.8 Å². The summed E-state index contributed by atoms with van der Waals surface area (Å²) < 4.78 is 5.04. The largest absolute Gasteiger partial charge is 0.451 e. The van der Waals surface area contributed by atoms with E-state index in [-0.39, 0.29) is 17.7 Å². The van der Waals surface area contributed by atoms with Crippen LogP contribution >= 0.6 is 22.7 Å². The van der Waals surface area contributed by atoms with Gasteiger partial charge in [-0.15, -0.1) is 22.7 Å². The molecule has 3 N–H and O–H groups in total. The Morgan fingerprint density at radius 2 is 2.11 bits per heavy atom. The zero-order chi connectivity index (χ0) is 19.8. The fourth-order valence-electron chi connectivity index (χ4n) is 3.67. The van der Waals surface area contributed by atoms with Crippen LogP contribution in [0.15, 0.2) is 17.5 Å². The first-order chi connectivity index (χ1) is 12.6. The highest BCUT2D eigenvalue weighted by Gasteiger charge is 2.44. The van der Waals surface area contributed by atoms with E-state index >= 15 is 0 Å². The standard InChI is InChI=1S/C19H21N3O3S2/c1-18(2)8-11-12(9-20)16(27-15(11)19(3,4)22-18)21-14(23)10-25-17(24)13-6-5-7-26-13/h5-7,22H,8,10H2,1-4H3,(H,21,23)/p+1. The Bertz CT molecular complexity index is 921. The highest BCUT2D eigenvalue weighted by atomic mass is 32.1. The quantitative estimate of drug-likeness (QED) is 0.766. The third-order valence-electron chi connectivity index (χ3n) is 4.40. The number of ether oxygens (including phenoxy) is 1. The third kappa shape index (κ3) is 4.05. The SMILES string of the molecule is CC1(C)Cc2c(sc(NC(=O)COC(=O)c3cccs3)c2C#N)C(C)(C)[NH2+]1. The Kier molecular flexibility index (Phi) is 5.12. The average Bonchev–Trinajstić information content (AvgIpc) is 3.19. The second-order valence-electron chi connectivity index (χ2n) is 7.86. The van der Waals surface area contributed by atoms with Crippen LogP contribution in [0.3, 0.4) is 0 Å². The van der Waals surface area contributed by atoms with Gasteiger partial charge in [-0.05, 0) is 44.7 Å². The molecule has 0 bridgehead atoms. The number of nitrogens with one attached hydrogen (secondary N) is 1. The molecule has 3 heterocycles. The van der Waals surface area contributed by atoms with Crippen molar-refractivity contribution in [3.05, 3.63) is 38.4 Å². The summed E-state index contributed by atoms with van der Waals surface area (Å²) >= 11 is 2.69. The maximum atomic E-state index is 12.3. The average molecular weight is 405 g/mol. The van der Waals surface area contributed by atoms with Crippen LogP contribution in [0.25, 0.3) is 0 Å². The van der Waals surface area contributed by atoms with Gasteiger partial charge >= 0.3 is 5.97 Å². The van der Waals surface area contributed by atoms with E-state index in [0.717, 1.165) is 16.9 Å². The van der Waals surface area contributed by atoms with Crippen LogP contribution in [0.1, 0.15) is 53.4 Å². The number of nitrogens with zero attached hydrogens (tertiary/aromatic N) is 1. The Morgan fingerprint density at radius 1 is 1.37 bits per heavy atom. The normalized spacial score (nSPS) is 16.9. The van der Waals surface area contributed by atoms with Gasteiger partial charge in [0.15, 0.2) is 6.61 Å². The molecule has 3 rings (SSSR count). The van der Waals surface area contributed by atoms with Crippen molar-refractivity contribution >= 4 is 39.6 Å². The number of nitriles is 1. The lowest BCUT2D eigenvalue weighted by molar-refractivity contribution is -0.789. The molecule has 0 aromatic carbocycles. The highest BCUT2D eigenvalue weighted by Crippen LogP contribution is 2.41. The molecule has 1 aliphatic rings. The van der Waals surface area contributed by atoms with Crippen molar-refractivity contribution in [2.75, 3.05) is 11.9 Å². The number of thiophene rings is 2.